The highest BCUT2D eigenvalue weighted by atomic mass is 79.9. The second-order valence-electron chi connectivity index (χ2n) is 3.79. The van der Waals surface area contributed by atoms with Crippen molar-refractivity contribution < 1.29 is 19.0 Å². The monoisotopic (exact) mass is 356 g/mol. The van der Waals surface area contributed by atoms with Crippen LogP contribution in [0.25, 0.3) is 0 Å². The average Bonchev–Trinajstić information content (AvgIpc) is 2.40. The Hall–Kier alpha value is -2.55. The molecule has 2 aromatic rings. The van der Waals surface area contributed by atoms with Gasteiger partial charge in [-0.15, -0.1) is 0 Å². The molecule has 0 heterocycles. The van der Waals surface area contributed by atoms with Crippen molar-refractivity contribution in [3.63, 3.8) is 0 Å². The second kappa shape index (κ2) is 5.83. The lowest BCUT2D eigenvalue weighted by atomic mass is 10.2. The number of nitrogens with zero attached hydrogens (tertiary/aromatic N) is 2. The summed E-state index contributed by atoms with van der Waals surface area (Å²) in [4.78, 5) is 20.1. The molecule has 0 spiro atoms. The maximum atomic E-state index is 13.5. The molecule has 9 heteroatoms. The van der Waals surface area contributed by atoms with Gasteiger partial charge in [0.1, 0.15) is 10.2 Å². The molecule has 0 aliphatic rings. The lowest BCUT2D eigenvalue weighted by Crippen LogP contribution is -1.97. The fourth-order valence-corrected chi connectivity index (χ4v) is 2.08. The van der Waals surface area contributed by atoms with Gasteiger partial charge in [-0.3, -0.25) is 20.2 Å². The largest absolute Gasteiger partial charge is 0.449 e. The second-order valence-corrected chi connectivity index (χ2v) is 4.59. The van der Waals surface area contributed by atoms with E-state index in [1.54, 1.807) is 0 Å². The summed E-state index contributed by atoms with van der Waals surface area (Å²) in [6.07, 6.45) is 0. The molecule has 2 rings (SSSR count). The third-order valence-corrected chi connectivity index (χ3v) is 3.29. The predicted octanol–water partition coefficient (Wildman–Crippen LogP) is 4.20. The Kier molecular flexibility index (Phi) is 4.13. The summed E-state index contributed by atoms with van der Waals surface area (Å²) in [6, 6.07) is 7.31. The molecule has 0 aromatic heterocycles. The van der Waals surface area contributed by atoms with Crippen LogP contribution in [0.3, 0.4) is 0 Å². The first-order valence-corrected chi connectivity index (χ1v) is 6.24. The Morgan fingerprint density at radius 2 is 1.62 bits per heavy atom. The van der Waals surface area contributed by atoms with E-state index in [0.717, 1.165) is 6.07 Å². The highest BCUT2D eigenvalue weighted by Crippen LogP contribution is 2.39. The summed E-state index contributed by atoms with van der Waals surface area (Å²) < 4.78 is 18.7. The number of ether oxygens (including phenoxy) is 1. The number of para-hydroxylation sites is 1. The number of nitro benzene ring substituents is 2. The van der Waals surface area contributed by atoms with E-state index in [1.165, 1.54) is 30.3 Å². The van der Waals surface area contributed by atoms with Crippen LogP contribution in [-0.2, 0) is 0 Å². The maximum absolute atomic E-state index is 13.5. The van der Waals surface area contributed by atoms with Crippen LogP contribution in [0.5, 0.6) is 11.5 Å². The molecule has 0 saturated carbocycles. The van der Waals surface area contributed by atoms with E-state index in [0.29, 0.717) is 0 Å². The minimum absolute atomic E-state index is 0.00793. The van der Waals surface area contributed by atoms with E-state index < -0.39 is 21.4 Å². The Labute approximate surface area is 125 Å². The fourth-order valence-electron chi connectivity index (χ4n) is 1.59. The molecule has 0 radical (unpaired) electrons. The summed E-state index contributed by atoms with van der Waals surface area (Å²) in [5.41, 5.74) is -1.11. The topological polar surface area (TPSA) is 95.5 Å². The van der Waals surface area contributed by atoms with E-state index >= 15 is 0 Å². The molecule has 0 aliphatic carbocycles. The number of hydrogen-bond donors (Lipinski definition) is 0. The van der Waals surface area contributed by atoms with Crippen molar-refractivity contribution in [1.29, 1.82) is 0 Å². The van der Waals surface area contributed by atoms with Crippen LogP contribution in [0.15, 0.2) is 40.9 Å². The Morgan fingerprint density at radius 1 is 1.00 bits per heavy atom. The first-order valence-electron chi connectivity index (χ1n) is 5.45. The van der Waals surface area contributed by atoms with Crippen molar-refractivity contribution in [3.05, 3.63) is 66.9 Å². The number of rotatable bonds is 4. The highest BCUT2D eigenvalue weighted by Gasteiger charge is 2.24. The number of hydrogen-bond acceptors (Lipinski definition) is 5. The third kappa shape index (κ3) is 2.97. The van der Waals surface area contributed by atoms with Gasteiger partial charge in [-0.05, 0) is 34.1 Å². The molecule has 0 N–H and O–H groups in total. The number of nitro groups is 2. The van der Waals surface area contributed by atoms with Gasteiger partial charge in [-0.25, -0.2) is 0 Å². The summed E-state index contributed by atoms with van der Waals surface area (Å²) in [6.45, 7) is 0. The molecule has 0 atom stereocenters. The van der Waals surface area contributed by atoms with Gasteiger partial charge in [-0.1, -0.05) is 12.1 Å². The van der Waals surface area contributed by atoms with E-state index in [2.05, 4.69) is 15.9 Å². The summed E-state index contributed by atoms with van der Waals surface area (Å²) in [5, 5.41) is 21.7. The Balaban J connectivity index is 2.49. The Bertz CT molecular complexity index is 738. The quantitative estimate of drug-likeness (QED) is 0.604. The van der Waals surface area contributed by atoms with E-state index in [-0.39, 0.29) is 21.7 Å². The van der Waals surface area contributed by atoms with Crippen LogP contribution in [-0.4, -0.2) is 9.85 Å². The van der Waals surface area contributed by atoms with E-state index in [1.807, 2.05) is 0 Å². The third-order valence-electron chi connectivity index (χ3n) is 2.49. The van der Waals surface area contributed by atoms with Crippen molar-refractivity contribution in [1.82, 2.24) is 0 Å². The first kappa shape index (κ1) is 14.9. The fraction of sp³-hybridized carbons (Fsp3) is 0. The van der Waals surface area contributed by atoms with E-state index in [4.69, 9.17) is 4.74 Å². The van der Waals surface area contributed by atoms with Gasteiger partial charge in [0.05, 0.1) is 9.85 Å². The van der Waals surface area contributed by atoms with E-state index in [9.17, 15) is 24.6 Å². The van der Waals surface area contributed by atoms with Crippen molar-refractivity contribution in [2.45, 2.75) is 0 Å². The van der Waals surface area contributed by atoms with Gasteiger partial charge in [0.2, 0.25) is 11.6 Å². The lowest BCUT2D eigenvalue weighted by molar-refractivity contribution is -0.388. The smallest absolute Gasteiger partial charge is 0.346 e. The minimum Gasteiger partial charge on any atom is -0.449 e. The molecule has 0 saturated heterocycles. The highest BCUT2D eigenvalue weighted by molar-refractivity contribution is 9.10. The molecule has 2 aromatic carbocycles. The van der Waals surface area contributed by atoms with Crippen LogP contribution >= 0.6 is 15.9 Å². The van der Waals surface area contributed by atoms with Crippen LogP contribution < -0.4 is 4.74 Å². The molecule has 0 aliphatic heterocycles. The molecule has 0 bridgehead atoms. The molecule has 0 amide bonds. The molecular formula is C12H6BrFN2O5. The normalized spacial score (nSPS) is 10.2. The Morgan fingerprint density at radius 3 is 2.24 bits per heavy atom. The zero-order chi connectivity index (χ0) is 15.6. The summed E-state index contributed by atoms with van der Waals surface area (Å²) in [7, 11) is 0. The molecule has 108 valence electrons. The predicted molar refractivity (Wildman–Crippen MR) is 73.9 cm³/mol. The summed E-state index contributed by atoms with van der Waals surface area (Å²) >= 11 is 2.99. The van der Waals surface area contributed by atoms with Crippen molar-refractivity contribution in [2.75, 3.05) is 0 Å². The standard InChI is InChI=1S/C12H6BrFN2O5/c13-11-8(15(17)18)4-2-5-9(11)21-10-6-1-3-7(14)12(10)16(19)20/h1-6H. The number of halogens is 2. The maximum Gasteiger partial charge on any atom is 0.346 e. The van der Waals surface area contributed by atoms with Crippen molar-refractivity contribution in [2.24, 2.45) is 0 Å². The molecule has 7 nitrogen and oxygen atoms in total. The van der Waals surface area contributed by atoms with Gasteiger partial charge in [0.15, 0.2) is 0 Å². The zero-order valence-corrected chi connectivity index (χ0v) is 11.7. The van der Waals surface area contributed by atoms with Crippen LogP contribution in [0.1, 0.15) is 0 Å². The zero-order valence-electron chi connectivity index (χ0n) is 10.2. The lowest BCUT2D eigenvalue weighted by Gasteiger charge is -2.08. The number of benzene rings is 2. The van der Waals surface area contributed by atoms with Crippen LogP contribution in [0, 0.1) is 26.0 Å². The van der Waals surface area contributed by atoms with Crippen LogP contribution in [0.2, 0.25) is 0 Å². The van der Waals surface area contributed by atoms with Gasteiger partial charge >= 0.3 is 5.69 Å². The summed E-state index contributed by atoms with van der Waals surface area (Å²) in [5.74, 6) is -1.43. The average molecular weight is 357 g/mol. The van der Waals surface area contributed by atoms with Crippen molar-refractivity contribution in [3.8, 4) is 11.5 Å². The minimum atomic E-state index is -1.06. The van der Waals surface area contributed by atoms with Gasteiger partial charge in [-0.2, -0.15) is 4.39 Å². The van der Waals surface area contributed by atoms with Gasteiger partial charge < -0.3 is 4.74 Å². The van der Waals surface area contributed by atoms with Gasteiger partial charge in [0.25, 0.3) is 5.69 Å². The van der Waals surface area contributed by atoms with Gasteiger partial charge in [0, 0.05) is 6.07 Å². The molecule has 21 heavy (non-hydrogen) atoms. The van der Waals surface area contributed by atoms with Crippen LogP contribution in [0.4, 0.5) is 15.8 Å². The molecule has 0 fully saturated rings. The SMILES string of the molecule is O=[N+]([O-])c1cccc(Oc2cccc(F)c2[N+](=O)[O-])c1Br. The molecule has 0 unspecified atom stereocenters. The molecular weight excluding hydrogens is 351 g/mol. The first-order chi connectivity index (χ1) is 9.91. The van der Waals surface area contributed by atoms with Crippen molar-refractivity contribution >= 4 is 27.3 Å².